The van der Waals surface area contributed by atoms with Gasteiger partial charge in [0, 0.05) is 0 Å². The van der Waals surface area contributed by atoms with E-state index >= 15 is 0 Å². The van der Waals surface area contributed by atoms with Gasteiger partial charge in [-0.15, -0.1) is 6.58 Å². The minimum atomic E-state index is 0.884. The van der Waals surface area contributed by atoms with E-state index in [-0.39, 0.29) is 0 Å². The molecule has 0 amide bonds. The zero-order chi connectivity index (χ0) is 11.8. The Hall–Kier alpha value is -0.260. The predicted molar refractivity (Wildman–Crippen MR) is 70.8 cm³/mol. The first kappa shape index (κ1) is 19.3. The molecule has 0 saturated carbocycles. The fourth-order valence-corrected chi connectivity index (χ4v) is 0.539. The molecular weight excluding hydrogens is 168 g/mol. The van der Waals surface area contributed by atoms with Gasteiger partial charge < -0.3 is 0 Å². The monoisotopic (exact) mass is 200 g/mol. The van der Waals surface area contributed by atoms with Crippen molar-refractivity contribution in [3.05, 3.63) is 12.7 Å². The molecule has 0 spiro atoms. The van der Waals surface area contributed by atoms with Crippen molar-refractivity contribution >= 4 is 0 Å². The van der Waals surface area contributed by atoms with Gasteiger partial charge >= 0.3 is 0 Å². The van der Waals surface area contributed by atoms with Crippen LogP contribution in [0.5, 0.6) is 0 Å². The van der Waals surface area contributed by atoms with Crippen LogP contribution < -0.4 is 0 Å². The third kappa shape index (κ3) is 41.1. The van der Waals surface area contributed by atoms with Gasteiger partial charge in [0.05, 0.1) is 0 Å². The summed E-state index contributed by atoms with van der Waals surface area (Å²) in [6, 6.07) is 0. The average Bonchev–Trinajstić information content (AvgIpc) is 2.22. The van der Waals surface area contributed by atoms with Crippen LogP contribution in [0.2, 0.25) is 0 Å². The van der Waals surface area contributed by atoms with Gasteiger partial charge in [0.1, 0.15) is 0 Å². The van der Waals surface area contributed by atoms with Gasteiger partial charge in [0.15, 0.2) is 0 Å². The Morgan fingerprint density at radius 3 is 1.71 bits per heavy atom. The highest BCUT2D eigenvalue weighted by Gasteiger charge is 1.80. The second kappa shape index (κ2) is 23.0. The molecule has 0 aliphatic rings. The van der Waals surface area contributed by atoms with E-state index in [0.717, 1.165) is 5.92 Å². The van der Waals surface area contributed by atoms with E-state index < -0.39 is 0 Å². The van der Waals surface area contributed by atoms with E-state index in [1.165, 1.54) is 32.1 Å². The Morgan fingerprint density at radius 1 is 1.07 bits per heavy atom. The Balaban J connectivity index is -0.000000152. The van der Waals surface area contributed by atoms with Crippen molar-refractivity contribution in [3.8, 4) is 0 Å². The van der Waals surface area contributed by atoms with Crippen molar-refractivity contribution in [2.45, 2.75) is 73.6 Å². The Kier molecular flexibility index (Phi) is 31.7. The summed E-state index contributed by atoms with van der Waals surface area (Å²) in [7, 11) is 0. The van der Waals surface area contributed by atoms with Gasteiger partial charge in [-0.3, -0.25) is 0 Å². The molecule has 0 rings (SSSR count). The third-order valence-corrected chi connectivity index (χ3v) is 1.83. The number of hydrogen-bond acceptors (Lipinski definition) is 0. The largest absolute Gasteiger partial charge is 0.103 e. The molecule has 0 N–H and O–H groups in total. The highest BCUT2D eigenvalue weighted by Crippen LogP contribution is 1.97. The number of unbranched alkanes of at least 4 members (excludes halogenated alkanes) is 3. The molecule has 0 heteroatoms. The highest BCUT2D eigenvalue weighted by atomic mass is 13.9. The topological polar surface area (TPSA) is 0 Å². The Bertz CT molecular complexity index is 72.1. The van der Waals surface area contributed by atoms with Crippen molar-refractivity contribution in [2.75, 3.05) is 0 Å². The fraction of sp³-hybridized carbons (Fsp3) is 0.857. The van der Waals surface area contributed by atoms with Crippen LogP contribution in [0.1, 0.15) is 73.6 Å². The van der Waals surface area contributed by atoms with Crippen LogP contribution in [-0.4, -0.2) is 0 Å². The molecule has 0 aromatic rings. The summed E-state index contributed by atoms with van der Waals surface area (Å²) in [5, 5.41) is 0. The molecule has 0 fully saturated rings. The number of allylic oxidation sites excluding steroid dienone is 1. The van der Waals surface area contributed by atoms with E-state index in [9.17, 15) is 0 Å². The standard InChI is InChI=1S/C7H14.C5H12.C2H6/c1-3-5-7-6-4-2;1-4-5(2)3;1-2/h3H,1,4-7H2,2H3;5H,4H2,1-3H3;1-2H3. The summed E-state index contributed by atoms with van der Waals surface area (Å²) in [5.41, 5.74) is 0. The normalized spacial score (nSPS) is 8.21. The lowest BCUT2D eigenvalue weighted by atomic mass is 10.2. The maximum Gasteiger partial charge on any atom is -0.0353 e. The van der Waals surface area contributed by atoms with Crippen LogP contribution in [0.25, 0.3) is 0 Å². The van der Waals surface area contributed by atoms with E-state index in [1.54, 1.807) is 0 Å². The summed E-state index contributed by atoms with van der Waals surface area (Å²) < 4.78 is 0. The van der Waals surface area contributed by atoms with Gasteiger partial charge in [-0.05, 0) is 18.8 Å². The first-order chi connectivity index (χ1) is 6.68. The molecule has 88 valence electrons. The lowest BCUT2D eigenvalue weighted by molar-refractivity contribution is 0.626. The van der Waals surface area contributed by atoms with E-state index in [2.05, 4.69) is 34.3 Å². The zero-order valence-electron chi connectivity index (χ0n) is 11.4. The molecule has 0 aliphatic carbocycles. The third-order valence-electron chi connectivity index (χ3n) is 1.83. The maximum atomic E-state index is 3.63. The fourth-order valence-electron chi connectivity index (χ4n) is 0.539. The average molecular weight is 200 g/mol. The van der Waals surface area contributed by atoms with E-state index in [1.807, 2.05) is 19.9 Å². The first-order valence-electron chi connectivity index (χ1n) is 6.29. The summed E-state index contributed by atoms with van der Waals surface area (Å²) in [6.07, 6.45) is 8.46. The molecule has 0 nitrogen and oxygen atoms in total. The molecule has 14 heavy (non-hydrogen) atoms. The second-order valence-corrected chi connectivity index (χ2v) is 3.59. The van der Waals surface area contributed by atoms with Crippen molar-refractivity contribution in [2.24, 2.45) is 5.92 Å². The zero-order valence-corrected chi connectivity index (χ0v) is 11.4. The van der Waals surface area contributed by atoms with E-state index in [4.69, 9.17) is 0 Å². The van der Waals surface area contributed by atoms with Crippen molar-refractivity contribution in [1.29, 1.82) is 0 Å². The molecule has 0 heterocycles. The van der Waals surface area contributed by atoms with Crippen molar-refractivity contribution in [3.63, 3.8) is 0 Å². The van der Waals surface area contributed by atoms with Crippen molar-refractivity contribution in [1.82, 2.24) is 0 Å². The summed E-state index contributed by atoms with van der Waals surface area (Å²) in [4.78, 5) is 0. The molecule has 0 saturated heterocycles. The molecule has 0 bridgehead atoms. The molecule has 0 aromatic carbocycles. The van der Waals surface area contributed by atoms with Crippen LogP contribution in [-0.2, 0) is 0 Å². The van der Waals surface area contributed by atoms with E-state index in [0.29, 0.717) is 0 Å². The lowest BCUT2D eigenvalue weighted by Crippen LogP contribution is -1.77. The van der Waals surface area contributed by atoms with Gasteiger partial charge in [-0.2, -0.15) is 0 Å². The Labute approximate surface area is 92.8 Å². The molecule has 0 atom stereocenters. The van der Waals surface area contributed by atoms with Gasteiger partial charge in [0.2, 0.25) is 0 Å². The van der Waals surface area contributed by atoms with Crippen LogP contribution in [0.15, 0.2) is 12.7 Å². The number of rotatable bonds is 5. The minimum absolute atomic E-state index is 0.884. The molecule has 0 radical (unpaired) electrons. The lowest BCUT2D eigenvalue weighted by Gasteiger charge is -1.90. The highest BCUT2D eigenvalue weighted by molar-refractivity contribution is 4.64. The molecule has 0 unspecified atom stereocenters. The number of hydrogen-bond donors (Lipinski definition) is 0. The summed E-state index contributed by atoms with van der Waals surface area (Å²) in [6.45, 7) is 16.5. The van der Waals surface area contributed by atoms with Crippen LogP contribution in [0.4, 0.5) is 0 Å². The second-order valence-electron chi connectivity index (χ2n) is 3.59. The SMILES string of the molecule is C=CCCCCC.CC.CCC(C)C. The van der Waals surface area contributed by atoms with Gasteiger partial charge in [-0.25, -0.2) is 0 Å². The minimum Gasteiger partial charge on any atom is -0.103 e. The molecular formula is C14H32. The van der Waals surface area contributed by atoms with Crippen molar-refractivity contribution < 1.29 is 0 Å². The maximum absolute atomic E-state index is 3.63. The van der Waals surface area contributed by atoms with Gasteiger partial charge in [0.25, 0.3) is 0 Å². The van der Waals surface area contributed by atoms with Crippen LogP contribution >= 0.6 is 0 Å². The van der Waals surface area contributed by atoms with Crippen LogP contribution in [0, 0.1) is 5.92 Å². The van der Waals surface area contributed by atoms with Gasteiger partial charge in [-0.1, -0.05) is 66.9 Å². The smallest absolute Gasteiger partial charge is 0.0353 e. The quantitative estimate of drug-likeness (QED) is 0.387. The Morgan fingerprint density at radius 2 is 1.50 bits per heavy atom. The molecule has 0 aromatic heterocycles. The summed E-state index contributed by atoms with van der Waals surface area (Å²) in [5.74, 6) is 0.884. The van der Waals surface area contributed by atoms with Crippen LogP contribution in [0.3, 0.4) is 0 Å². The summed E-state index contributed by atoms with van der Waals surface area (Å²) >= 11 is 0. The molecule has 0 aliphatic heterocycles. The first-order valence-corrected chi connectivity index (χ1v) is 6.29. The predicted octanol–water partition coefficient (Wildman–Crippen LogP) is 5.83.